The second-order valence-corrected chi connectivity index (χ2v) is 6.26. The molecular weight excluding hydrogens is 312 g/mol. The number of unbranched alkanes of at least 4 members (excludes halogenated alkanes) is 1. The highest BCUT2D eigenvalue weighted by molar-refractivity contribution is 6.02. The summed E-state index contributed by atoms with van der Waals surface area (Å²) in [5.41, 5.74) is 2.35. The van der Waals surface area contributed by atoms with Crippen molar-refractivity contribution in [1.29, 1.82) is 0 Å². The second kappa shape index (κ2) is 9.74. The summed E-state index contributed by atoms with van der Waals surface area (Å²) >= 11 is 0. The molecule has 1 amide bonds. The van der Waals surface area contributed by atoms with Gasteiger partial charge in [-0.3, -0.25) is 9.59 Å². The predicted octanol–water partition coefficient (Wildman–Crippen LogP) is 3.53. The van der Waals surface area contributed by atoms with Gasteiger partial charge in [0, 0.05) is 17.7 Å². The third-order valence-electron chi connectivity index (χ3n) is 4.07. The van der Waals surface area contributed by atoms with E-state index >= 15 is 0 Å². The van der Waals surface area contributed by atoms with Crippen molar-refractivity contribution < 1.29 is 9.59 Å². The van der Waals surface area contributed by atoms with Gasteiger partial charge in [0.2, 0.25) is 0 Å². The zero-order valence-electron chi connectivity index (χ0n) is 15.0. The highest BCUT2D eigenvalue weighted by Crippen LogP contribution is 2.08. The molecule has 0 aliphatic heterocycles. The number of nitrogens with zero attached hydrogens (tertiary/aromatic N) is 1. The molecule has 132 valence electrons. The molecule has 1 N–H and O–H groups in total. The molecule has 4 nitrogen and oxygen atoms in total. The average molecular weight is 338 g/mol. The van der Waals surface area contributed by atoms with Gasteiger partial charge in [-0.15, -0.1) is 0 Å². The number of nitrogens with one attached hydrogen (secondary N) is 1. The van der Waals surface area contributed by atoms with Gasteiger partial charge < -0.3 is 10.2 Å². The Labute approximate surface area is 149 Å². The molecule has 4 heteroatoms. The number of carbonyl (C=O) groups is 2. The number of amides is 1. The van der Waals surface area contributed by atoms with Crippen LogP contribution in [0.4, 0.5) is 0 Å². The standard InChI is InChI=1S/C21H26N2O2/c1-3-4-14-23(2)16-17-10-12-19(13-11-17)21(25)22-15-20(24)18-8-6-5-7-9-18/h5-13H,3-4,14-16H2,1-2H3,(H,22,25). The third kappa shape index (κ3) is 6.16. The summed E-state index contributed by atoms with van der Waals surface area (Å²) in [6.07, 6.45) is 2.37. The summed E-state index contributed by atoms with van der Waals surface area (Å²) in [7, 11) is 2.10. The fourth-order valence-corrected chi connectivity index (χ4v) is 2.57. The molecule has 0 atom stereocenters. The first-order valence-electron chi connectivity index (χ1n) is 8.74. The maximum Gasteiger partial charge on any atom is 0.251 e. The molecule has 0 fully saturated rings. The van der Waals surface area contributed by atoms with E-state index in [1.54, 1.807) is 12.1 Å². The molecule has 0 saturated heterocycles. The van der Waals surface area contributed by atoms with Crippen molar-refractivity contribution in [3.05, 3.63) is 71.3 Å². The molecule has 0 unspecified atom stereocenters. The average Bonchev–Trinajstić information content (AvgIpc) is 2.65. The maximum atomic E-state index is 12.2. The molecule has 0 bridgehead atoms. The van der Waals surface area contributed by atoms with E-state index in [-0.39, 0.29) is 18.2 Å². The highest BCUT2D eigenvalue weighted by Gasteiger charge is 2.10. The Hall–Kier alpha value is -2.46. The lowest BCUT2D eigenvalue weighted by Gasteiger charge is -2.16. The normalized spacial score (nSPS) is 10.7. The minimum Gasteiger partial charge on any atom is -0.345 e. The fourth-order valence-electron chi connectivity index (χ4n) is 2.57. The lowest BCUT2D eigenvalue weighted by molar-refractivity contribution is 0.0904. The quantitative estimate of drug-likeness (QED) is 0.712. The fraction of sp³-hybridized carbons (Fsp3) is 0.333. The molecule has 0 aliphatic carbocycles. The number of benzene rings is 2. The Morgan fingerprint density at radius 2 is 1.64 bits per heavy atom. The molecule has 0 spiro atoms. The van der Waals surface area contributed by atoms with Crippen molar-refractivity contribution >= 4 is 11.7 Å². The van der Waals surface area contributed by atoms with Crippen LogP contribution in [0.3, 0.4) is 0 Å². The summed E-state index contributed by atoms with van der Waals surface area (Å²) in [5.74, 6) is -0.321. The Kier molecular flexibility index (Phi) is 7.36. The van der Waals surface area contributed by atoms with E-state index < -0.39 is 0 Å². The zero-order valence-corrected chi connectivity index (χ0v) is 15.0. The molecule has 0 radical (unpaired) electrons. The first-order valence-corrected chi connectivity index (χ1v) is 8.74. The SMILES string of the molecule is CCCCN(C)Cc1ccc(C(=O)NCC(=O)c2ccccc2)cc1. The van der Waals surface area contributed by atoms with E-state index in [1.165, 1.54) is 18.4 Å². The molecule has 2 rings (SSSR count). The van der Waals surface area contributed by atoms with Crippen LogP contribution in [0.2, 0.25) is 0 Å². The van der Waals surface area contributed by atoms with Gasteiger partial charge in [0.15, 0.2) is 5.78 Å². The topological polar surface area (TPSA) is 49.4 Å². The maximum absolute atomic E-state index is 12.2. The lowest BCUT2D eigenvalue weighted by atomic mass is 10.1. The Morgan fingerprint density at radius 3 is 2.28 bits per heavy atom. The van der Waals surface area contributed by atoms with Crippen LogP contribution in [0.5, 0.6) is 0 Å². The molecule has 0 saturated carbocycles. The zero-order chi connectivity index (χ0) is 18.1. The largest absolute Gasteiger partial charge is 0.345 e. The van der Waals surface area contributed by atoms with Gasteiger partial charge in [0.1, 0.15) is 0 Å². The molecule has 2 aromatic carbocycles. The van der Waals surface area contributed by atoms with Crippen LogP contribution in [-0.4, -0.2) is 36.7 Å². The molecule has 0 aromatic heterocycles. The van der Waals surface area contributed by atoms with Crippen LogP contribution in [0.1, 0.15) is 46.0 Å². The van der Waals surface area contributed by atoms with Crippen molar-refractivity contribution in [2.45, 2.75) is 26.3 Å². The minimum atomic E-state index is -0.227. The van der Waals surface area contributed by atoms with Crippen LogP contribution < -0.4 is 5.32 Å². The van der Waals surface area contributed by atoms with E-state index in [2.05, 4.69) is 24.2 Å². The van der Waals surface area contributed by atoms with E-state index in [0.29, 0.717) is 11.1 Å². The first-order chi connectivity index (χ1) is 12.1. The molecule has 0 aliphatic rings. The van der Waals surface area contributed by atoms with Crippen LogP contribution in [0.15, 0.2) is 54.6 Å². The first kappa shape index (κ1) is 18.9. The number of Topliss-reactive ketones (excluding diaryl/α,β-unsaturated/α-hetero) is 1. The Bertz CT molecular complexity index is 681. The van der Waals surface area contributed by atoms with E-state index in [0.717, 1.165) is 13.1 Å². The highest BCUT2D eigenvalue weighted by atomic mass is 16.2. The lowest BCUT2D eigenvalue weighted by Crippen LogP contribution is -2.29. The van der Waals surface area contributed by atoms with Crippen LogP contribution in [0, 0.1) is 0 Å². The van der Waals surface area contributed by atoms with Crippen molar-refractivity contribution in [2.75, 3.05) is 20.1 Å². The minimum absolute atomic E-state index is 0.00432. The summed E-state index contributed by atoms with van der Waals surface area (Å²) in [6.45, 7) is 4.13. The Morgan fingerprint density at radius 1 is 0.960 bits per heavy atom. The van der Waals surface area contributed by atoms with Gasteiger partial charge >= 0.3 is 0 Å². The number of hydrogen-bond donors (Lipinski definition) is 1. The summed E-state index contributed by atoms with van der Waals surface area (Å²) < 4.78 is 0. The third-order valence-corrected chi connectivity index (χ3v) is 4.07. The summed E-state index contributed by atoms with van der Waals surface area (Å²) in [6, 6.07) is 16.5. The van der Waals surface area contributed by atoms with Crippen LogP contribution >= 0.6 is 0 Å². The molecule has 0 heterocycles. The van der Waals surface area contributed by atoms with Gasteiger partial charge in [-0.25, -0.2) is 0 Å². The molecule has 2 aromatic rings. The Balaban J connectivity index is 1.84. The number of hydrogen-bond acceptors (Lipinski definition) is 3. The van der Waals surface area contributed by atoms with Crippen LogP contribution in [0.25, 0.3) is 0 Å². The summed E-state index contributed by atoms with van der Waals surface area (Å²) in [4.78, 5) is 26.5. The van der Waals surface area contributed by atoms with Crippen molar-refractivity contribution in [3.8, 4) is 0 Å². The number of ketones is 1. The van der Waals surface area contributed by atoms with E-state index in [4.69, 9.17) is 0 Å². The number of carbonyl (C=O) groups excluding carboxylic acids is 2. The van der Waals surface area contributed by atoms with Gasteiger partial charge in [0.25, 0.3) is 5.91 Å². The van der Waals surface area contributed by atoms with Gasteiger partial charge in [-0.2, -0.15) is 0 Å². The van der Waals surface area contributed by atoms with Gasteiger partial charge in [-0.05, 0) is 37.7 Å². The van der Waals surface area contributed by atoms with Gasteiger partial charge in [0.05, 0.1) is 6.54 Å². The number of rotatable bonds is 9. The van der Waals surface area contributed by atoms with Gasteiger partial charge in [-0.1, -0.05) is 55.8 Å². The molecule has 25 heavy (non-hydrogen) atoms. The predicted molar refractivity (Wildman–Crippen MR) is 101 cm³/mol. The molecular formula is C21H26N2O2. The van der Waals surface area contributed by atoms with E-state index in [9.17, 15) is 9.59 Å². The monoisotopic (exact) mass is 338 g/mol. The van der Waals surface area contributed by atoms with E-state index in [1.807, 2.05) is 42.5 Å². The van der Waals surface area contributed by atoms with Crippen molar-refractivity contribution in [2.24, 2.45) is 0 Å². The van der Waals surface area contributed by atoms with Crippen molar-refractivity contribution in [1.82, 2.24) is 10.2 Å². The second-order valence-electron chi connectivity index (χ2n) is 6.26. The van der Waals surface area contributed by atoms with Crippen molar-refractivity contribution in [3.63, 3.8) is 0 Å². The van der Waals surface area contributed by atoms with Crippen LogP contribution in [-0.2, 0) is 6.54 Å². The summed E-state index contributed by atoms with van der Waals surface area (Å²) in [5, 5.41) is 2.69. The smallest absolute Gasteiger partial charge is 0.251 e.